The maximum absolute atomic E-state index is 11.9. The fourth-order valence-electron chi connectivity index (χ4n) is 4.86. The first-order valence-electron chi connectivity index (χ1n) is 11.8. The van der Waals surface area contributed by atoms with Crippen molar-refractivity contribution >= 4 is 23.2 Å². The van der Waals surface area contributed by atoms with Crippen LogP contribution in [0.4, 0.5) is 5.69 Å². The zero-order chi connectivity index (χ0) is 22.3. The van der Waals surface area contributed by atoms with Crippen molar-refractivity contribution in [2.75, 3.05) is 44.2 Å². The number of hydrogen-bond acceptors (Lipinski definition) is 4. The lowest BCUT2D eigenvalue weighted by Crippen LogP contribution is -2.45. The van der Waals surface area contributed by atoms with Gasteiger partial charge >= 0.3 is 0 Å². The molecule has 2 aliphatic heterocycles. The third-order valence-electron chi connectivity index (χ3n) is 6.60. The van der Waals surface area contributed by atoms with Crippen molar-refractivity contribution in [3.05, 3.63) is 59.1 Å². The van der Waals surface area contributed by atoms with Crippen molar-refractivity contribution in [2.45, 2.75) is 45.2 Å². The summed E-state index contributed by atoms with van der Waals surface area (Å²) in [7, 11) is 0. The molecule has 0 bridgehead atoms. The molecule has 0 aliphatic carbocycles. The standard InChI is InChI=1S/C26H34ClN3O2/c1-21(31)30-12-3-2-8-24(30)11-17-32-26-10-4-6-22(18-26)20-28-13-15-29(16-14-28)25-9-5-7-23(27)19-25/h4-7,9-10,18-19,24H,2-3,8,11-17,20H2,1H3. The third kappa shape index (κ3) is 6.17. The molecular formula is C26H34ClN3O2. The zero-order valence-electron chi connectivity index (χ0n) is 19.0. The molecule has 0 radical (unpaired) electrons. The van der Waals surface area contributed by atoms with Crippen LogP contribution in [0, 0.1) is 0 Å². The fourth-order valence-corrected chi connectivity index (χ4v) is 5.04. The SMILES string of the molecule is CC(=O)N1CCCCC1CCOc1cccc(CN2CCN(c3cccc(Cl)c3)CC2)c1. The molecule has 172 valence electrons. The molecule has 2 heterocycles. The molecule has 1 unspecified atom stereocenters. The molecule has 2 aromatic carbocycles. The highest BCUT2D eigenvalue weighted by molar-refractivity contribution is 6.30. The topological polar surface area (TPSA) is 36.0 Å². The number of hydrogen-bond donors (Lipinski definition) is 0. The second-order valence-electron chi connectivity index (χ2n) is 8.89. The van der Waals surface area contributed by atoms with Gasteiger partial charge in [0.2, 0.25) is 5.91 Å². The molecule has 32 heavy (non-hydrogen) atoms. The van der Waals surface area contributed by atoms with Gasteiger partial charge in [-0.1, -0.05) is 29.8 Å². The molecule has 2 aromatic rings. The van der Waals surface area contributed by atoms with Gasteiger partial charge in [0.05, 0.1) is 6.61 Å². The lowest BCUT2D eigenvalue weighted by Gasteiger charge is -2.36. The van der Waals surface area contributed by atoms with Crippen LogP contribution in [0.25, 0.3) is 0 Å². The van der Waals surface area contributed by atoms with Crippen LogP contribution < -0.4 is 9.64 Å². The highest BCUT2D eigenvalue weighted by Crippen LogP contribution is 2.23. The molecule has 1 atom stereocenters. The zero-order valence-corrected chi connectivity index (χ0v) is 19.8. The van der Waals surface area contributed by atoms with Crippen LogP contribution in [0.2, 0.25) is 5.02 Å². The minimum absolute atomic E-state index is 0.187. The van der Waals surface area contributed by atoms with Gasteiger partial charge in [-0.05, 0) is 55.2 Å². The van der Waals surface area contributed by atoms with Crippen LogP contribution in [0.15, 0.2) is 48.5 Å². The molecule has 2 fully saturated rings. The van der Waals surface area contributed by atoms with E-state index in [1.54, 1.807) is 6.92 Å². The van der Waals surface area contributed by atoms with Crippen LogP contribution in [0.5, 0.6) is 5.75 Å². The monoisotopic (exact) mass is 455 g/mol. The molecule has 0 N–H and O–H groups in total. The molecule has 6 heteroatoms. The van der Waals surface area contributed by atoms with E-state index in [9.17, 15) is 4.79 Å². The van der Waals surface area contributed by atoms with Crippen LogP contribution >= 0.6 is 11.6 Å². The van der Waals surface area contributed by atoms with Crippen LogP contribution in [0.1, 0.15) is 38.2 Å². The number of ether oxygens (including phenoxy) is 1. The Morgan fingerprint density at radius 2 is 1.84 bits per heavy atom. The van der Waals surface area contributed by atoms with E-state index in [0.717, 1.165) is 69.3 Å². The molecule has 2 saturated heterocycles. The Labute approximate surface area is 196 Å². The average Bonchev–Trinajstić information content (AvgIpc) is 2.80. The highest BCUT2D eigenvalue weighted by Gasteiger charge is 2.24. The summed E-state index contributed by atoms with van der Waals surface area (Å²) in [6.07, 6.45) is 4.31. The summed E-state index contributed by atoms with van der Waals surface area (Å²) in [5.74, 6) is 1.11. The van der Waals surface area contributed by atoms with E-state index >= 15 is 0 Å². The normalized spacial score (nSPS) is 19.8. The van der Waals surface area contributed by atoms with Gasteiger partial charge in [0.15, 0.2) is 0 Å². The van der Waals surface area contributed by atoms with Gasteiger partial charge in [-0.2, -0.15) is 0 Å². The van der Waals surface area contributed by atoms with Crippen LogP contribution in [-0.2, 0) is 11.3 Å². The Kier molecular flexibility index (Phi) is 7.93. The van der Waals surface area contributed by atoms with Gasteiger partial charge in [0, 0.05) is 69.4 Å². The summed E-state index contributed by atoms with van der Waals surface area (Å²) < 4.78 is 6.08. The van der Waals surface area contributed by atoms with Crippen molar-refractivity contribution in [3.8, 4) is 5.75 Å². The maximum atomic E-state index is 11.9. The Bertz CT molecular complexity index is 898. The third-order valence-corrected chi connectivity index (χ3v) is 6.84. The molecule has 5 nitrogen and oxygen atoms in total. The van der Waals surface area contributed by atoms with Gasteiger partial charge in [0.1, 0.15) is 5.75 Å². The number of nitrogens with zero attached hydrogens (tertiary/aromatic N) is 3. The summed E-state index contributed by atoms with van der Waals surface area (Å²) in [4.78, 5) is 18.8. The van der Waals surface area contributed by atoms with E-state index in [1.165, 1.54) is 17.7 Å². The molecular weight excluding hydrogens is 422 g/mol. The van der Waals surface area contributed by atoms with E-state index in [2.05, 4.69) is 34.1 Å². The van der Waals surface area contributed by atoms with E-state index < -0.39 is 0 Å². The fraction of sp³-hybridized carbons (Fsp3) is 0.500. The van der Waals surface area contributed by atoms with E-state index in [4.69, 9.17) is 16.3 Å². The summed E-state index contributed by atoms with van der Waals surface area (Å²) in [5, 5.41) is 0.791. The first kappa shape index (κ1) is 22.9. The molecule has 0 spiro atoms. The second kappa shape index (κ2) is 11.1. The lowest BCUT2D eigenvalue weighted by atomic mass is 10.00. The summed E-state index contributed by atoms with van der Waals surface area (Å²) in [6.45, 7) is 8.21. The number of amides is 1. The summed E-state index contributed by atoms with van der Waals surface area (Å²) in [6, 6.07) is 16.9. The lowest BCUT2D eigenvalue weighted by molar-refractivity contribution is -0.132. The van der Waals surface area contributed by atoms with Crippen molar-refractivity contribution in [1.29, 1.82) is 0 Å². The number of carbonyl (C=O) groups excluding carboxylic acids is 1. The molecule has 2 aliphatic rings. The van der Waals surface area contributed by atoms with Crippen molar-refractivity contribution in [1.82, 2.24) is 9.80 Å². The van der Waals surface area contributed by atoms with E-state index in [-0.39, 0.29) is 5.91 Å². The first-order chi connectivity index (χ1) is 15.6. The number of anilines is 1. The summed E-state index contributed by atoms with van der Waals surface area (Å²) >= 11 is 6.15. The molecule has 0 aromatic heterocycles. The van der Waals surface area contributed by atoms with Gasteiger partial charge in [0.25, 0.3) is 0 Å². The van der Waals surface area contributed by atoms with Gasteiger partial charge < -0.3 is 14.5 Å². The molecule has 4 rings (SSSR count). The maximum Gasteiger partial charge on any atom is 0.219 e. The number of carbonyl (C=O) groups is 1. The van der Waals surface area contributed by atoms with Gasteiger partial charge in [-0.25, -0.2) is 0 Å². The van der Waals surface area contributed by atoms with Crippen molar-refractivity contribution in [2.24, 2.45) is 0 Å². The molecule has 0 saturated carbocycles. The smallest absolute Gasteiger partial charge is 0.219 e. The highest BCUT2D eigenvalue weighted by atomic mass is 35.5. The minimum atomic E-state index is 0.187. The minimum Gasteiger partial charge on any atom is -0.494 e. The number of piperazine rings is 1. The second-order valence-corrected chi connectivity index (χ2v) is 9.33. The van der Waals surface area contributed by atoms with Crippen LogP contribution in [0.3, 0.4) is 0 Å². The predicted molar refractivity (Wildman–Crippen MR) is 131 cm³/mol. The predicted octanol–water partition coefficient (Wildman–Crippen LogP) is 4.83. The van der Waals surface area contributed by atoms with Crippen LogP contribution in [-0.4, -0.2) is 61.1 Å². The van der Waals surface area contributed by atoms with Gasteiger partial charge in [-0.15, -0.1) is 0 Å². The quantitative estimate of drug-likeness (QED) is 0.599. The Hall–Kier alpha value is -2.24. The van der Waals surface area contributed by atoms with E-state index in [0.29, 0.717) is 12.6 Å². The van der Waals surface area contributed by atoms with E-state index in [1.807, 2.05) is 29.2 Å². The number of piperidine rings is 1. The Morgan fingerprint density at radius 1 is 1.03 bits per heavy atom. The average molecular weight is 456 g/mol. The summed E-state index contributed by atoms with van der Waals surface area (Å²) in [5.41, 5.74) is 2.48. The largest absolute Gasteiger partial charge is 0.494 e. The first-order valence-corrected chi connectivity index (χ1v) is 12.2. The van der Waals surface area contributed by atoms with Gasteiger partial charge in [-0.3, -0.25) is 9.69 Å². The van der Waals surface area contributed by atoms with Crippen molar-refractivity contribution in [3.63, 3.8) is 0 Å². The number of likely N-dealkylation sites (tertiary alicyclic amines) is 1. The molecule has 1 amide bonds. The number of rotatable bonds is 7. The number of halogens is 1. The van der Waals surface area contributed by atoms with Crippen molar-refractivity contribution < 1.29 is 9.53 Å². The number of benzene rings is 2. The Morgan fingerprint density at radius 3 is 2.62 bits per heavy atom. The Balaban J connectivity index is 1.24.